The topological polar surface area (TPSA) is 111 Å². The Morgan fingerprint density at radius 3 is 2.86 bits per heavy atom. The summed E-state index contributed by atoms with van der Waals surface area (Å²) < 4.78 is 29.3. The van der Waals surface area contributed by atoms with Gasteiger partial charge in [0, 0.05) is 11.3 Å². The Labute approximate surface area is 158 Å². The summed E-state index contributed by atoms with van der Waals surface area (Å²) in [7, 11) is 0. The van der Waals surface area contributed by atoms with Crippen molar-refractivity contribution in [2.45, 2.75) is 19.5 Å². The molecular weight excluding hydrogens is 368 g/mol. The first-order valence-electron chi connectivity index (χ1n) is 8.37. The average Bonchev–Trinajstić information content (AvgIpc) is 3.14. The SMILES string of the molecule is Cc1cc(NC(=O)c2ccc(F)cn2)cc(C2Cn3nncc3C(N)=N2)c1F. The van der Waals surface area contributed by atoms with E-state index in [1.807, 2.05) is 0 Å². The van der Waals surface area contributed by atoms with E-state index in [1.54, 1.807) is 11.6 Å². The standard InChI is InChI=1S/C18H15F2N7O/c1-9-4-11(24-18(28)13-3-2-10(19)6-22-13)5-12(16(9)20)14-8-27-15(7-23-26-27)17(21)25-14/h2-7,14H,8H2,1H3,(H2,21,25)(H,24,28). The highest BCUT2D eigenvalue weighted by Crippen LogP contribution is 2.30. The fraction of sp³-hybridized carbons (Fsp3) is 0.167. The number of anilines is 1. The predicted molar refractivity (Wildman–Crippen MR) is 96.8 cm³/mol. The molecule has 3 heterocycles. The van der Waals surface area contributed by atoms with Crippen LogP contribution in [0.4, 0.5) is 14.5 Å². The number of rotatable bonds is 3. The summed E-state index contributed by atoms with van der Waals surface area (Å²) in [4.78, 5) is 20.4. The number of amidine groups is 1. The molecule has 1 unspecified atom stereocenters. The molecule has 0 bridgehead atoms. The van der Waals surface area contributed by atoms with Gasteiger partial charge in [-0.2, -0.15) is 0 Å². The van der Waals surface area contributed by atoms with Gasteiger partial charge in [0.25, 0.3) is 5.91 Å². The molecule has 0 aliphatic carbocycles. The first kappa shape index (κ1) is 17.7. The summed E-state index contributed by atoms with van der Waals surface area (Å²) in [6.45, 7) is 1.85. The largest absolute Gasteiger partial charge is 0.382 e. The number of hydrogen-bond acceptors (Lipinski definition) is 6. The summed E-state index contributed by atoms with van der Waals surface area (Å²) in [5, 5.41) is 10.4. The van der Waals surface area contributed by atoms with Crippen molar-refractivity contribution in [3.05, 3.63) is 70.8 Å². The number of carbonyl (C=O) groups is 1. The zero-order valence-corrected chi connectivity index (χ0v) is 14.7. The number of aliphatic imine (C=N–C) groups is 1. The van der Waals surface area contributed by atoms with Crippen molar-refractivity contribution in [1.82, 2.24) is 20.0 Å². The number of nitrogens with two attached hydrogens (primary N) is 1. The lowest BCUT2D eigenvalue weighted by atomic mass is 10.0. The summed E-state index contributed by atoms with van der Waals surface area (Å²) >= 11 is 0. The minimum absolute atomic E-state index is 0.0390. The molecule has 142 valence electrons. The van der Waals surface area contributed by atoms with E-state index >= 15 is 0 Å². The molecule has 0 fully saturated rings. The van der Waals surface area contributed by atoms with Gasteiger partial charge in [-0.3, -0.25) is 9.79 Å². The van der Waals surface area contributed by atoms with Crippen molar-refractivity contribution in [3.63, 3.8) is 0 Å². The molecular formula is C18H15F2N7O. The van der Waals surface area contributed by atoms with Gasteiger partial charge in [-0.05, 0) is 36.8 Å². The Morgan fingerprint density at radius 2 is 2.11 bits per heavy atom. The second kappa shape index (κ2) is 6.80. The van der Waals surface area contributed by atoms with Crippen LogP contribution in [-0.4, -0.2) is 31.7 Å². The Balaban J connectivity index is 1.65. The molecule has 1 atom stereocenters. The second-order valence-electron chi connectivity index (χ2n) is 6.34. The van der Waals surface area contributed by atoms with Crippen LogP contribution in [0.3, 0.4) is 0 Å². The van der Waals surface area contributed by atoms with Gasteiger partial charge in [0.1, 0.15) is 28.9 Å². The number of pyridine rings is 1. The monoisotopic (exact) mass is 383 g/mol. The van der Waals surface area contributed by atoms with E-state index in [9.17, 15) is 13.6 Å². The molecule has 0 saturated carbocycles. The number of hydrogen-bond donors (Lipinski definition) is 2. The number of benzene rings is 1. The van der Waals surface area contributed by atoms with Crippen LogP contribution in [0.25, 0.3) is 0 Å². The van der Waals surface area contributed by atoms with E-state index in [4.69, 9.17) is 5.73 Å². The maximum absolute atomic E-state index is 14.8. The zero-order valence-electron chi connectivity index (χ0n) is 14.7. The molecule has 3 N–H and O–H groups in total. The Hall–Kier alpha value is -3.69. The van der Waals surface area contributed by atoms with Gasteiger partial charge in [-0.1, -0.05) is 5.21 Å². The van der Waals surface area contributed by atoms with Crippen LogP contribution in [0.2, 0.25) is 0 Å². The van der Waals surface area contributed by atoms with Gasteiger partial charge in [0.05, 0.1) is 25.0 Å². The normalized spacial score (nSPS) is 15.7. The van der Waals surface area contributed by atoms with Crippen LogP contribution in [0.15, 0.2) is 41.7 Å². The van der Waals surface area contributed by atoms with E-state index < -0.39 is 23.6 Å². The van der Waals surface area contributed by atoms with E-state index in [1.165, 1.54) is 24.4 Å². The third-order valence-corrected chi connectivity index (χ3v) is 4.38. The molecule has 10 heteroatoms. The number of nitrogens with one attached hydrogen (secondary N) is 1. The molecule has 8 nitrogen and oxygen atoms in total. The molecule has 4 rings (SSSR count). The molecule has 1 aliphatic heterocycles. The smallest absolute Gasteiger partial charge is 0.274 e. The molecule has 0 spiro atoms. The lowest BCUT2D eigenvalue weighted by Crippen LogP contribution is -2.28. The highest BCUT2D eigenvalue weighted by Gasteiger charge is 2.25. The van der Waals surface area contributed by atoms with E-state index in [-0.39, 0.29) is 23.6 Å². The van der Waals surface area contributed by atoms with Crippen molar-refractivity contribution in [3.8, 4) is 0 Å². The number of nitrogens with zero attached hydrogens (tertiary/aromatic N) is 5. The van der Waals surface area contributed by atoms with Gasteiger partial charge in [0.15, 0.2) is 0 Å². The highest BCUT2D eigenvalue weighted by molar-refractivity contribution is 6.03. The third kappa shape index (κ3) is 3.20. The zero-order chi connectivity index (χ0) is 19.8. The first-order chi connectivity index (χ1) is 13.4. The van der Waals surface area contributed by atoms with Gasteiger partial charge in [0.2, 0.25) is 0 Å². The van der Waals surface area contributed by atoms with Crippen molar-refractivity contribution >= 4 is 17.4 Å². The number of aryl methyl sites for hydroxylation is 1. The number of carbonyl (C=O) groups excluding carboxylic acids is 1. The Bertz CT molecular complexity index is 1090. The molecule has 0 radical (unpaired) electrons. The maximum Gasteiger partial charge on any atom is 0.274 e. The molecule has 1 aromatic carbocycles. The van der Waals surface area contributed by atoms with E-state index in [2.05, 4.69) is 25.6 Å². The number of amides is 1. The molecule has 1 amide bonds. The van der Waals surface area contributed by atoms with Gasteiger partial charge < -0.3 is 11.1 Å². The van der Waals surface area contributed by atoms with Crippen LogP contribution in [0.5, 0.6) is 0 Å². The fourth-order valence-corrected chi connectivity index (χ4v) is 3.01. The van der Waals surface area contributed by atoms with Crippen molar-refractivity contribution in [1.29, 1.82) is 0 Å². The number of fused-ring (bicyclic) bond motifs is 1. The summed E-state index contributed by atoms with van der Waals surface area (Å²) in [6.07, 6.45) is 2.44. The third-order valence-electron chi connectivity index (χ3n) is 4.38. The Morgan fingerprint density at radius 1 is 1.29 bits per heavy atom. The Kier molecular flexibility index (Phi) is 4.30. The van der Waals surface area contributed by atoms with Crippen LogP contribution in [0.1, 0.15) is 33.4 Å². The maximum atomic E-state index is 14.8. The quantitative estimate of drug-likeness (QED) is 0.718. The number of halogens is 2. The summed E-state index contributed by atoms with van der Waals surface area (Å²) in [5.41, 5.74) is 7.51. The number of aromatic nitrogens is 4. The summed E-state index contributed by atoms with van der Waals surface area (Å²) in [6, 6.07) is 4.77. The van der Waals surface area contributed by atoms with Crippen molar-refractivity contribution in [2.75, 3.05) is 5.32 Å². The van der Waals surface area contributed by atoms with Crippen LogP contribution < -0.4 is 11.1 Å². The lowest BCUT2D eigenvalue weighted by Gasteiger charge is -2.21. The van der Waals surface area contributed by atoms with Crippen molar-refractivity contribution in [2.24, 2.45) is 10.7 Å². The van der Waals surface area contributed by atoms with Gasteiger partial charge in [-0.15, -0.1) is 5.10 Å². The van der Waals surface area contributed by atoms with Crippen LogP contribution >= 0.6 is 0 Å². The predicted octanol–water partition coefficient (Wildman–Crippen LogP) is 1.97. The molecule has 2 aromatic heterocycles. The minimum atomic E-state index is -0.617. The molecule has 0 saturated heterocycles. The van der Waals surface area contributed by atoms with E-state index in [0.717, 1.165) is 12.3 Å². The fourth-order valence-electron chi connectivity index (χ4n) is 3.01. The molecule has 3 aromatic rings. The second-order valence-corrected chi connectivity index (χ2v) is 6.34. The highest BCUT2D eigenvalue weighted by atomic mass is 19.1. The van der Waals surface area contributed by atoms with Crippen LogP contribution in [-0.2, 0) is 6.54 Å². The molecule has 1 aliphatic rings. The van der Waals surface area contributed by atoms with Gasteiger partial charge >= 0.3 is 0 Å². The van der Waals surface area contributed by atoms with E-state index in [0.29, 0.717) is 16.9 Å². The van der Waals surface area contributed by atoms with Gasteiger partial charge in [-0.25, -0.2) is 18.4 Å². The molecule has 28 heavy (non-hydrogen) atoms. The average molecular weight is 383 g/mol. The minimum Gasteiger partial charge on any atom is -0.382 e. The first-order valence-corrected chi connectivity index (χ1v) is 8.37. The summed E-state index contributed by atoms with van der Waals surface area (Å²) in [5.74, 6) is -1.31. The van der Waals surface area contributed by atoms with Crippen LogP contribution in [0, 0.1) is 18.6 Å². The lowest BCUT2D eigenvalue weighted by molar-refractivity contribution is 0.102. The van der Waals surface area contributed by atoms with Crippen molar-refractivity contribution < 1.29 is 13.6 Å².